The first-order valence-electron chi connectivity index (χ1n) is 11.3. The van der Waals surface area contributed by atoms with Crippen molar-refractivity contribution in [3.8, 4) is 17.0 Å². The Labute approximate surface area is 210 Å². The molecule has 3 heterocycles. The highest BCUT2D eigenvalue weighted by atomic mass is 35.5. The minimum Gasteiger partial charge on any atom is -0.420 e. The molecule has 1 aromatic heterocycles. The predicted molar refractivity (Wildman–Crippen MR) is 131 cm³/mol. The fourth-order valence-corrected chi connectivity index (χ4v) is 4.64. The first-order chi connectivity index (χ1) is 17.1. The molecule has 3 aromatic rings. The van der Waals surface area contributed by atoms with Gasteiger partial charge in [0, 0.05) is 72.0 Å². The number of halogens is 3. The standard InChI is InChI=1S/C25H23ClF2N4O4/c1-31-12-15-11-20(30-22(15)24(31)35)19-10-14(2-7-21(19)32-9-8-17(33)13-32)23(34)29-16-3-5-18(6-4-16)36-25(26,27)28/h2-7,10-11,17,30,33H,8-9,12-13H2,1H3,(H,29,34)/t17-/m1/s1. The molecule has 3 N–H and O–H groups in total. The molecule has 0 spiro atoms. The topological polar surface area (TPSA) is 97.9 Å². The average Bonchev–Trinajstić information content (AvgIpc) is 3.50. The molecular formula is C25H23ClF2N4O4. The molecule has 2 amide bonds. The second-order valence-electron chi connectivity index (χ2n) is 8.89. The van der Waals surface area contributed by atoms with Gasteiger partial charge in [0.15, 0.2) is 0 Å². The molecule has 0 saturated carbocycles. The number of aromatic nitrogens is 1. The summed E-state index contributed by atoms with van der Waals surface area (Å²) in [4.78, 5) is 32.3. The summed E-state index contributed by atoms with van der Waals surface area (Å²) in [7, 11) is 1.73. The van der Waals surface area contributed by atoms with E-state index in [0.717, 1.165) is 16.8 Å². The SMILES string of the molecule is CN1Cc2cc(-c3cc(C(=O)Nc4ccc(OC(F)(F)Cl)cc4)ccc3N3CC[C@@H](O)C3)[nH]c2C1=O. The van der Waals surface area contributed by atoms with Crippen molar-refractivity contribution >= 4 is 34.8 Å². The van der Waals surface area contributed by atoms with Gasteiger partial charge in [0.2, 0.25) is 0 Å². The van der Waals surface area contributed by atoms with E-state index in [9.17, 15) is 23.5 Å². The van der Waals surface area contributed by atoms with Crippen LogP contribution in [-0.2, 0) is 6.54 Å². The Hall–Kier alpha value is -3.63. The van der Waals surface area contributed by atoms with Gasteiger partial charge < -0.3 is 29.9 Å². The molecule has 1 fully saturated rings. The molecule has 1 saturated heterocycles. The fourth-order valence-electron chi connectivity index (χ4n) is 4.55. The smallest absolute Gasteiger partial charge is 0.420 e. The predicted octanol–water partition coefficient (Wildman–Crippen LogP) is 4.26. The lowest BCUT2D eigenvalue weighted by Crippen LogP contribution is -2.22. The Morgan fingerprint density at radius 1 is 1.22 bits per heavy atom. The number of carbonyl (C=O) groups excluding carboxylic acids is 2. The highest BCUT2D eigenvalue weighted by molar-refractivity contribution is 6.20. The summed E-state index contributed by atoms with van der Waals surface area (Å²) in [6.07, 6.45) is 0.206. The van der Waals surface area contributed by atoms with Crippen molar-refractivity contribution in [2.45, 2.75) is 24.6 Å². The van der Waals surface area contributed by atoms with Gasteiger partial charge >= 0.3 is 5.57 Å². The summed E-state index contributed by atoms with van der Waals surface area (Å²) in [6, 6.07) is 12.5. The lowest BCUT2D eigenvalue weighted by molar-refractivity contribution is -0.0964. The maximum Gasteiger partial charge on any atom is 0.487 e. The largest absolute Gasteiger partial charge is 0.487 e. The highest BCUT2D eigenvalue weighted by Crippen LogP contribution is 2.36. The number of fused-ring (bicyclic) bond motifs is 1. The Bertz CT molecular complexity index is 1320. The number of alkyl halides is 3. The summed E-state index contributed by atoms with van der Waals surface area (Å²) in [5.41, 5.74) is 0.597. The van der Waals surface area contributed by atoms with Crippen LogP contribution >= 0.6 is 11.6 Å². The van der Waals surface area contributed by atoms with Crippen molar-refractivity contribution in [2.75, 3.05) is 30.4 Å². The van der Waals surface area contributed by atoms with Gasteiger partial charge in [-0.1, -0.05) is 0 Å². The van der Waals surface area contributed by atoms with Crippen LogP contribution in [0.4, 0.5) is 20.2 Å². The van der Waals surface area contributed by atoms with Gasteiger partial charge in [-0.3, -0.25) is 9.59 Å². The van der Waals surface area contributed by atoms with Crippen molar-refractivity contribution in [3.63, 3.8) is 0 Å². The number of hydrogen-bond donors (Lipinski definition) is 3. The van der Waals surface area contributed by atoms with Crippen LogP contribution in [0.2, 0.25) is 0 Å². The Morgan fingerprint density at radius 3 is 2.61 bits per heavy atom. The third kappa shape index (κ3) is 4.87. The minimum atomic E-state index is -3.83. The van der Waals surface area contributed by atoms with E-state index < -0.39 is 17.6 Å². The number of aliphatic hydroxyl groups is 1. The van der Waals surface area contributed by atoms with Gasteiger partial charge in [0.25, 0.3) is 11.8 Å². The van der Waals surface area contributed by atoms with Gasteiger partial charge in [0.05, 0.1) is 6.10 Å². The average molecular weight is 517 g/mol. The van der Waals surface area contributed by atoms with Gasteiger partial charge in [0.1, 0.15) is 11.4 Å². The number of amides is 2. The summed E-state index contributed by atoms with van der Waals surface area (Å²) in [5.74, 6) is -0.648. The van der Waals surface area contributed by atoms with Crippen LogP contribution in [-0.4, -0.2) is 58.6 Å². The van der Waals surface area contributed by atoms with Crippen LogP contribution in [0.3, 0.4) is 0 Å². The van der Waals surface area contributed by atoms with E-state index in [4.69, 9.17) is 11.6 Å². The molecule has 0 aliphatic carbocycles. The number of nitrogens with zero attached hydrogens (tertiary/aromatic N) is 2. The van der Waals surface area contributed by atoms with Crippen molar-refractivity contribution in [1.82, 2.24) is 9.88 Å². The maximum atomic E-state index is 13.0. The lowest BCUT2D eigenvalue weighted by Gasteiger charge is -2.22. The maximum absolute atomic E-state index is 13.0. The van der Waals surface area contributed by atoms with Crippen molar-refractivity contribution in [2.24, 2.45) is 0 Å². The number of benzene rings is 2. The molecule has 0 unspecified atom stereocenters. The molecule has 36 heavy (non-hydrogen) atoms. The first kappa shape index (κ1) is 24.1. The molecule has 5 rings (SSSR count). The normalized spacial score (nSPS) is 17.5. The van der Waals surface area contributed by atoms with Crippen molar-refractivity contribution < 1.29 is 28.2 Å². The summed E-state index contributed by atoms with van der Waals surface area (Å²) < 4.78 is 29.9. The second-order valence-corrected chi connectivity index (χ2v) is 9.33. The van der Waals surface area contributed by atoms with Crippen LogP contribution in [0.5, 0.6) is 5.75 Å². The molecular weight excluding hydrogens is 494 g/mol. The second kappa shape index (κ2) is 9.11. The number of rotatable bonds is 6. The molecule has 0 bridgehead atoms. The van der Waals surface area contributed by atoms with E-state index in [0.29, 0.717) is 48.7 Å². The van der Waals surface area contributed by atoms with Gasteiger partial charge in [-0.25, -0.2) is 0 Å². The Balaban J connectivity index is 1.43. The number of H-pyrrole nitrogens is 1. The summed E-state index contributed by atoms with van der Waals surface area (Å²) in [6.45, 7) is 1.63. The van der Waals surface area contributed by atoms with E-state index >= 15 is 0 Å². The minimum absolute atomic E-state index is 0.0948. The number of β-amino-alcohol motifs (C(OH)–C–C–N with tert-alkyl or cyclic N) is 1. The molecule has 2 aromatic carbocycles. The van der Waals surface area contributed by atoms with Crippen LogP contribution in [0.15, 0.2) is 48.5 Å². The molecule has 2 aliphatic heterocycles. The quantitative estimate of drug-likeness (QED) is 0.425. The summed E-state index contributed by atoms with van der Waals surface area (Å²) >= 11 is 4.78. The van der Waals surface area contributed by atoms with Gasteiger partial charge in [-0.05, 0) is 55.0 Å². The van der Waals surface area contributed by atoms with Crippen molar-refractivity contribution in [1.29, 1.82) is 0 Å². The Morgan fingerprint density at radius 2 is 1.97 bits per heavy atom. The Kier molecular flexibility index (Phi) is 6.09. The molecule has 2 aliphatic rings. The van der Waals surface area contributed by atoms with Gasteiger partial charge in [-0.15, -0.1) is 8.78 Å². The number of aliphatic hydroxyl groups excluding tert-OH is 1. The van der Waals surface area contributed by atoms with Crippen LogP contribution in [0.1, 0.15) is 32.8 Å². The monoisotopic (exact) mass is 516 g/mol. The van der Waals surface area contributed by atoms with E-state index in [1.807, 2.05) is 17.0 Å². The number of hydrogen-bond acceptors (Lipinski definition) is 5. The van der Waals surface area contributed by atoms with E-state index in [1.165, 1.54) is 24.3 Å². The zero-order valence-electron chi connectivity index (χ0n) is 19.2. The number of ether oxygens (including phenoxy) is 1. The zero-order valence-corrected chi connectivity index (χ0v) is 20.0. The van der Waals surface area contributed by atoms with Crippen LogP contribution in [0, 0.1) is 0 Å². The number of aromatic amines is 1. The summed E-state index contributed by atoms with van der Waals surface area (Å²) in [5, 5.41) is 12.8. The van der Waals surface area contributed by atoms with E-state index in [1.54, 1.807) is 24.1 Å². The molecule has 1 atom stereocenters. The zero-order chi connectivity index (χ0) is 25.6. The van der Waals surface area contributed by atoms with Crippen LogP contribution in [0.25, 0.3) is 11.3 Å². The molecule has 8 nitrogen and oxygen atoms in total. The molecule has 188 valence electrons. The number of anilines is 2. The number of carbonyl (C=O) groups is 2. The fraction of sp³-hybridized carbons (Fsp3) is 0.280. The molecule has 11 heteroatoms. The van der Waals surface area contributed by atoms with Crippen molar-refractivity contribution in [3.05, 3.63) is 65.4 Å². The lowest BCUT2D eigenvalue weighted by atomic mass is 10.0. The van der Waals surface area contributed by atoms with Gasteiger partial charge in [-0.2, -0.15) is 0 Å². The van der Waals surface area contributed by atoms with E-state index in [2.05, 4.69) is 15.0 Å². The van der Waals surface area contributed by atoms with E-state index in [-0.39, 0.29) is 11.7 Å². The number of nitrogens with one attached hydrogen (secondary N) is 2. The highest BCUT2D eigenvalue weighted by Gasteiger charge is 2.30. The first-order valence-corrected chi connectivity index (χ1v) is 11.7. The third-order valence-electron chi connectivity index (χ3n) is 6.27. The molecule has 0 radical (unpaired) electrons. The third-order valence-corrected chi connectivity index (χ3v) is 6.34. The van der Waals surface area contributed by atoms with Crippen LogP contribution < -0.4 is 15.0 Å².